The molecule has 0 saturated carbocycles. The highest BCUT2D eigenvalue weighted by Gasteiger charge is 2.16. The van der Waals surface area contributed by atoms with Crippen molar-refractivity contribution in [3.63, 3.8) is 0 Å². The lowest BCUT2D eigenvalue weighted by Gasteiger charge is -2.14. The average molecular weight is 306 g/mol. The largest absolute Gasteiger partial charge is 0.480 e. The summed E-state index contributed by atoms with van der Waals surface area (Å²) >= 11 is 0. The molecule has 0 saturated heterocycles. The van der Waals surface area contributed by atoms with Crippen molar-refractivity contribution in [1.29, 1.82) is 0 Å². The van der Waals surface area contributed by atoms with E-state index in [1.54, 1.807) is 0 Å². The molecule has 2 atom stereocenters. The standard InChI is InChI=1S/C17H26N2O3/c1-4-6-15(17(21)22)18-11-16(20)19-14-9-7-13(8-10-14)12(3)5-2/h7-10,12,15,18H,4-6,11H2,1-3H3,(H,19,20)(H,21,22). The van der Waals surface area contributed by atoms with Gasteiger partial charge in [0.1, 0.15) is 6.04 Å². The van der Waals surface area contributed by atoms with Crippen LogP contribution in [0.4, 0.5) is 5.69 Å². The minimum absolute atomic E-state index is 0.00984. The van der Waals surface area contributed by atoms with Gasteiger partial charge in [-0.05, 0) is 36.5 Å². The molecule has 1 aromatic carbocycles. The Morgan fingerprint density at radius 2 is 1.82 bits per heavy atom. The van der Waals surface area contributed by atoms with Crippen molar-refractivity contribution in [3.05, 3.63) is 29.8 Å². The SMILES string of the molecule is CCCC(NCC(=O)Nc1ccc(C(C)CC)cc1)C(=O)O. The van der Waals surface area contributed by atoms with E-state index in [2.05, 4.69) is 24.5 Å². The Morgan fingerprint density at radius 1 is 1.18 bits per heavy atom. The number of amides is 1. The summed E-state index contributed by atoms with van der Waals surface area (Å²) in [6, 6.07) is 7.09. The second-order valence-electron chi connectivity index (χ2n) is 5.54. The quantitative estimate of drug-likeness (QED) is 0.655. The van der Waals surface area contributed by atoms with Gasteiger partial charge < -0.3 is 10.4 Å². The van der Waals surface area contributed by atoms with Gasteiger partial charge in [0, 0.05) is 5.69 Å². The van der Waals surface area contributed by atoms with Gasteiger partial charge >= 0.3 is 5.97 Å². The Morgan fingerprint density at radius 3 is 2.32 bits per heavy atom. The van der Waals surface area contributed by atoms with E-state index in [4.69, 9.17) is 5.11 Å². The summed E-state index contributed by atoms with van der Waals surface area (Å²) in [5, 5.41) is 14.6. The number of benzene rings is 1. The Labute approximate surface area is 132 Å². The number of carbonyl (C=O) groups excluding carboxylic acids is 1. The van der Waals surface area contributed by atoms with E-state index in [0.29, 0.717) is 12.3 Å². The molecule has 22 heavy (non-hydrogen) atoms. The van der Waals surface area contributed by atoms with Gasteiger partial charge in [-0.25, -0.2) is 0 Å². The molecule has 1 aromatic rings. The minimum Gasteiger partial charge on any atom is -0.480 e. The minimum atomic E-state index is -0.924. The number of rotatable bonds is 9. The van der Waals surface area contributed by atoms with Crippen LogP contribution >= 0.6 is 0 Å². The van der Waals surface area contributed by atoms with Gasteiger partial charge in [-0.2, -0.15) is 0 Å². The van der Waals surface area contributed by atoms with Crippen molar-refractivity contribution < 1.29 is 14.7 Å². The fraction of sp³-hybridized carbons (Fsp3) is 0.529. The molecule has 0 fully saturated rings. The first-order valence-corrected chi connectivity index (χ1v) is 7.83. The zero-order chi connectivity index (χ0) is 16.5. The molecule has 5 heteroatoms. The van der Waals surface area contributed by atoms with Crippen molar-refractivity contribution in [1.82, 2.24) is 5.32 Å². The third-order valence-electron chi connectivity index (χ3n) is 3.76. The number of carbonyl (C=O) groups is 2. The van der Waals surface area contributed by atoms with Crippen molar-refractivity contribution >= 4 is 17.6 Å². The highest BCUT2D eigenvalue weighted by molar-refractivity contribution is 5.92. The van der Waals surface area contributed by atoms with E-state index < -0.39 is 12.0 Å². The Bertz CT molecular complexity index is 485. The highest BCUT2D eigenvalue weighted by atomic mass is 16.4. The number of anilines is 1. The number of aliphatic carboxylic acids is 1. The van der Waals surface area contributed by atoms with Gasteiger partial charge in [0.2, 0.25) is 5.91 Å². The van der Waals surface area contributed by atoms with Crippen LogP contribution in [0.5, 0.6) is 0 Å². The molecule has 0 aromatic heterocycles. The molecule has 5 nitrogen and oxygen atoms in total. The summed E-state index contributed by atoms with van der Waals surface area (Å²) in [4.78, 5) is 22.8. The number of carboxylic acid groups (broad SMARTS) is 1. The van der Waals surface area contributed by atoms with E-state index in [0.717, 1.165) is 18.5 Å². The third-order valence-corrected chi connectivity index (χ3v) is 3.76. The Hall–Kier alpha value is -1.88. The van der Waals surface area contributed by atoms with Crippen LogP contribution in [0.15, 0.2) is 24.3 Å². The first kappa shape index (κ1) is 18.2. The zero-order valence-corrected chi connectivity index (χ0v) is 13.6. The Balaban J connectivity index is 2.49. The smallest absolute Gasteiger partial charge is 0.320 e. The molecule has 0 aliphatic carbocycles. The molecule has 0 radical (unpaired) electrons. The maximum atomic E-state index is 11.9. The molecule has 1 rings (SSSR count). The van der Waals surface area contributed by atoms with Crippen LogP contribution in [0.3, 0.4) is 0 Å². The van der Waals surface area contributed by atoms with Crippen LogP contribution in [-0.4, -0.2) is 29.6 Å². The summed E-state index contributed by atoms with van der Waals surface area (Å²) in [6.45, 7) is 6.21. The van der Waals surface area contributed by atoms with Gasteiger partial charge in [-0.15, -0.1) is 0 Å². The van der Waals surface area contributed by atoms with Crippen LogP contribution in [0.2, 0.25) is 0 Å². The average Bonchev–Trinajstić information content (AvgIpc) is 2.51. The number of hydrogen-bond acceptors (Lipinski definition) is 3. The van der Waals surface area contributed by atoms with Crippen LogP contribution in [-0.2, 0) is 9.59 Å². The fourth-order valence-corrected chi connectivity index (χ4v) is 2.15. The van der Waals surface area contributed by atoms with Gasteiger partial charge in [0.05, 0.1) is 6.54 Å². The molecule has 0 aliphatic rings. The summed E-state index contributed by atoms with van der Waals surface area (Å²) in [6.07, 6.45) is 2.33. The monoisotopic (exact) mass is 306 g/mol. The molecule has 2 unspecified atom stereocenters. The van der Waals surface area contributed by atoms with Gasteiger partial charge in [-0.3, -0.25) is 14.9 Å². The lowest BCUT2D eigenvalue weighted by atomic mass is 9.99. The maximum Gasteiger partial charge on any atom is 0.320 e. The number of nitrogens with one attached hydrogen (secondary N) is 2. The van der Waals surface area contributed by atoms with E-state index in [9.17, 15) is 9.59 Å². The molecule has 1 amide bonds. The van der Waals surface area contributed by atoms with Crippen molar-refractivity contribution in [3.8, 4) is 0 Å². The second-order valence-corrected chi connectivity index (χ2v) is 5.54. The summed E-state index contributed by atoms with van der Waals surface area (Å²) in [5.41, 5.74) is 1.97. The van der Waals surface area contributed by atoms with Crippen molar-refractivity contribution in [2.75, 3.05) is 11.9 Å². The second kappa shape index (κ2) is 9.20. The molecular formula is C17H26N2O3. The summed E-state index contributed by atoms with van der Waals surface area (Å²) < 4.78 is 0. The van der Waals surface area contributed by atoms with Crippen molar-refractivity contribution in [2.45, 2.75) is 52.0 Å². The topological polar surface area (TPSA) is 78.4 Å². The van der Waals surface area contributed by atoms with Crippen LogP contribution in [0.1, 0.15) is 51.5 Å². The summed E-state index contributed by atoms with van der Waals surface area (Å²) in [7, 11) is 0. The number of hydrogen-bond donors (Lipinski definition) is 3. The predicted molar refractivity (Wildman–Crippen MR) is 88.1 cm³/mol. The van der Waals surface area contributed by atoms with Crippen LogP contribution < -0.4 is 10.6 Å². The molecule has 3 N–H and O–H groups in total. The molecule has 0 bridgehead atoms. The van der Waals surface area contributed by atoms with Crippen LogP contribution in [0, 0.1) is 0 Å². The third kappa shape index (κ3) is 5.85. The van der Waals surface area contributed by atoms with Crippen LogP contribution in [0.25, 0.3) is 0 Å². The molecule has 0 heterocycles. The van der Waals surface area contributed by atoms with E-state index in [1.165, 1.54) is 5.56 Å². The maximum absolute atomic E-state index is 11.9. The van der Waals surface area contributed by atoms with E-state index in [1.807, 2.05) is 31.2 Å². The summed E-state index contributed by atoms with van der Waals surface area (Å²) in [5.74, 6) is -0.664. The van der Waals surface area contributed by atoms with E-state index >= 15 is 0 Å². The lowest BCUT2D eigenvalue weighted by molar-refractivity contribution is -0.139. The fourth-order valence-electron chi connectivity index (χ4n) is 2.15. The van der Waals surface area contributed by atoms with Gasteiger partial charge in [-0.1, -0.05) is 39.3 Å². The van der Waals surface area contributed by atoms with Gasteiger partial charge in [0.15, 0.2) is 0 Å². The predicted octanol–water partition coefficient (Wildman–Crippen LogP) is 2.98. The normalized spacial score (nSPS) is 13.4. The van der Waals surface area contributed by atoms with Crippen molar-refractivity contribution in [2.24, 2.45) is 0 Å². The molecule has 0 spiro atoms. The molecule has 0 aliphatic heterocycles. The number of carboxylic acids is 1. The molecule has 122 valence electrons. The highest BCUT2D eigenvalue weighted by Crippen LogP contribution is 2.20. The van der Waals surface area contributed by atoms with E-state index in [-0.39, 0.29) is 12.5 Å². The zero-order valence-electron chi connectivity index (χ0n) is 13.6. The van der Waals surface area contributed by atoms with Gasteiger partial charge in [0.25, 0.3) is 0 Å². The first-order valence-electron chi connectivity index (χ1n) is 7.83. The molecular weight excluding hydrogens is 280 g/mol. The first-order chi connectivity index (χ1) is 10.5. The lowest BCUT2D eigenvalue weighted by Crippen LogP contribution is -2.41. The Kier molecular flexibility index (Phi) is 7.60.